The predicted octanol–water partition coefficient (Wildman–Crippen LogP) is 6.14. The Bertz CT molecular complexity index is 1050. The van der Waals surface area contributed by atoms with Crippen LogP contribution in [0.2, 0.25) is 0 Å². The van der Waals surface area contributed by atoms with Crippen LogP contribution in [0, 0.1) is 5.41 Å². The molecule has 3 aromatic carbocycles. The van der Waals surface area contributed by atoms with Crippen LogP contribution >= 0.6 is 31.9 Å². The van der Waals surface area contributed by atoms with Gasteiger partial charge in [0, 0.05) is 10.7 Å². The lowest BCUT2D eigenvalue weighted by Crippen LogP contribution is -2.42. The molecule has 3 heteroatoms. The van der Waals surface area contributed by atoms with Crippen LogP contribution in [-0.4, -0.2) is 9.65 Å². The van der Waals surface area contributed by atoms with Crippen LogP contribution in [0.1, 0.15) is 28.7 Å². The molecule has 0 unspecified atom stereocenters. The number of ether oxygens (including phenoxy) is 1. The molecule has 0 aromatic heterocycles. The van der Waals surface area contributed by atoms with Gasteiger partial charge in [0.25, 0.3) is 0 Å². The molecule has 0 radical (unpaired) electrons. The van der Waals surface area contributed by atoms with Crippen molar-refractivity contribution in [2.75, 3.05) is 5.33 Å². The molecule has 2 fully saturated rings. The molecule has 134 valence electrons. The normalized spacial score (nSPS) is 37.7. The monoisotopic (exact) mass is 480 g/mol. The Labute approximate surface area is 176 Å². The van der Waals surface area contributed by atoms with Gasteiger partial charge in [0.2, 0.25) is 0 Å². The quantitative estimate of drug-likeness (QED) is 0.408. The van der Waals surface area contributed by atoms with Gasteiger partial charge in [0.15, 0.2) is 0 Å². The third-order valence-corrected chi connectivity index (χ3v) is 9.55. The Hall–Kier alpha value is -1.42. The van der Waals surface area contributed by atoms with E-state index in [1.165, 1.54) is 22.3 Å². The Morgan fingerprint density at radius 3 is 1.74 bits per heavy atom. The molecule has 2 aliphatic heterocycles. The first-order chi connectivity index (χ1) is 13.2. The summed E-state index contributed by atoms with van der Waals surface area (Å²) >= 11 is 8.11. The van der Waals surface area contributed by atoms with E-state index < -0.39 is 11.2 Å². The van der Waals surface area contributed by atoms with Crippen molar-refractivity contribution >= 4 is 31.9 Å². The highest BCUT2D eigenvalue weighted by Crippen LogP contribution is 2.89. The number of benzene rings is 3. The van der Waals surface area contributed by atoms with Gasteiger partial charge in [-0.05, 0) is 28.7 Å². The summed E-state index contributed by atoms with van der Waals surface area (Å²) in [4.78, 5) is 0. The topological polar surface area (TPSA) is 9.23 Å². The summed E-state index contributed by atoms with van der Waals surface area (Å²) in [6, 6.07) is 30.3. The van der Waals surface area contributed by atoms with Gasteiger partial charge in [-0.3, -0.25) is 0 Å². The van der Waals surface area contributed by atoms with Crippen molar-refractivity contribution in [1.82, 2.24) is 0 Å². The van der Waals surface area contributed by atoms with Crippen LogP contribution < -0.4 is 0 Å². The summed E-state index contributed by atoms with van der Waals surface area (Å²) < 4.78 is 7.15. The van der Waals surface area contributed by atoms with Crippen molar-refractivity contribution in [2.45, 2.75) is 21.9 Å². The zero-order valence-electron chi connectivity index (χ0n) is 14.7. The molecule has 0 amide bonds. The first kappa shape index (κ1) is 16.5. The summed E-state index contributed by atoms with van der Waals surface area (Å²) in [5.74, 6) is 0. The largest absolute Gasteiger partial charge is 0.347 e. The smallest absolute Gasteiger partial charge is 0.136 e. The molecular formula is C24H18Br2O. The van der Waals surface area contributed by atoms with E-state index in [2.05, 4.69) is 117 Å². The predicted molar refractivity (Wildman–Crippen MR) is 114 cm³/mol. The van der Waals surface area contributed by atoms with Gasteiger partial charge in [-0.1, -0.05) is 117 Å². The molecule has 1 saturated heterocycles. The SMILES string of the molecule is BrC[C@@]12C[C@]1(Br)[C@]1(c3ccccc3)O[C@@]2(c2ccccc2)c2ccccc21. The Morgan fingerprint density at radius 1 is 0.704 bits per heavy atom. The maximum atomic E-state index is 7.27. The molecule has 0 N–H and O–H groups in total. The minimum atomic E-state index is -0.478. The van der Waals surface area contributed by atoms with Crippen molar-refractivity contribution in [1.29, 1.82) is 0 Å². The molecule has 3 aliphatic rings. The molecular weight excluding hydrogens is 464 g/mol. The van der Waals surface area contributed by atoms with Crippen LogP contribution in [0.15, 0.2) is 84.9 Å². The zero-order chi connectivity index (χ0) is 18.3. The van der Waals surface area contributed by atoms with Crippen LogP contribution in [0.3, 0.4) is 0 Å². The Morgan fingerprint density at radius 2 is 1.19 bits per heavy atom. The van der Waals surface area contributed by atoms with Crippen molar-refractivity contribution in [3.8, 4) is 0 Å². The Balaban J connectivity index is 1.75. The molecule has 2 heterocycles. The average Bonchev–Trinajstić information content (AvgIpc) is 3.19. The number of halogens is 2. The van der Waals surface area contributed by atoms with E-state index in [9.17, 15) is 0 Å². The highest BCUT2D eigenvalue weighted by Gasteiger charge is 2.93. The van der Waals surface area contributed by atoms with Gasteiger partial charge < -0.3 is 4.74 Å². The van der Waals surface area contributed by atoms with Crippen LogP contribution in [-0.2, 0) is 15.9 Å². The fourth-order valence-electron chi connectivity index (χ4n) is 5.85. The van der Waals surface area contributed by atoms with Gasteiger partial charge in [-0.25, -0.2) is 0 Å². The van der Waals surface area contributed by atoms with E-state index in [4.69, 9.17) is 4.74 Å². The lowest BCUT2D eigenvalue weighted by molar-refractivity contribution is -0.0803. The molecule has 27 heavy (non-hydrogen) atoms. The molecule has 4 atom stereocenters. The van der Waals surface area contributed by atoms with E-state index in [0.29, 0.717) is 0 Å². The minimum Gasteiger partial charge on any atom is -0.347 e. The van der Waals surface area contributed by atoms with E-state index in [-0.39, 0.29) is 9.74 Å². The summed E-state index contributed by atoms with van der Waals surface area (Å²) in [6.45, 7) is 0. The number of hydrogen-bond donors (Lipinski definition) is 0. The van der Waals surface area contributed by atoms with Crippen molar-refractivity contribution in [3.63, 3.8) is 0 Å². The number of fused-ring (bicyclic) bond motifs is 8. The molecule has 0 spiro atoms. The van der Waals surface area contributed by atoms with Crippen molar-refractivity contribution < 1.29 is 4.74 Å². The van der Waals surface area contributed by atoms with Crippen molar-refractivity contribution in [3.05, 3.63) is 107 Å². The summed E-state index contributed by atoms with van der Waals surface area (Å²) in [6.07, 6.45) is 1.07. The lowest BCUT2D eigenvalue weighted by atomic mass is 9.66. The van der Waals surface area contributed by atoms with Gasteiger partial charge in [0.05, 0.1) is 4.32 Å². The first-order valence-electron chi connectivity index (χ1n) is 9.32. The highest BCUT2D eigenvalue weighted by molar-refractivity contribution is 9.10. The number of hydrogen-bond acceptors (Lipinski definition) is 1. The van der Waals surface area contributed by atoms with Crippen LogP contribution in [0.5, 0.6) is 0 Å². The second-order valence-corrected chi connectivity index (χ2v) is 9.85. The molecule has 1 nitrogen and oxygen atoms in total. The maximum absolute atomic E-state index is 7.27. The van der Waals surface area contributed by atoms with Gasteiger partial charge >= 0.3 is 0 Å². The highest BCUT2D eigenvalue weighted by atomic mass is 79.9. The lowest BCUT2D eigenvalue weighted by Gasteiger charge is -2.37. The standard InChI is InChI=1S/C24H18Br2O/c25-16-21-15-22(21,26)24(18-11-5-2-6-12-18)20-14-8-7-13-19(20)23(21,27-24)17-9-3-1-4-10-17/h1-14H,15-16H2/t21-,22+,23-,24+/m0/s1. The molecule has 6 rings (SSSR count). The molecule has 2 bridgehead atoms. The minimum absolute atomic E-state index is 0.0223. The van der Waals surface area contributed by atoms with E-state index in [1.54, 1.807) is 0 Å². The van der Waals surface area contributed by atoms with E-state index in [1.807, 2.05) is 0 Å². The first-order valence-corrected chi connectivity index (χ1v) is 11.2. The van der Waals surface area contributed by atoms with Crippen molar-refractivity contribution in [2.24, 2.45) is 5.41 Å². The van der Waals surface area contributed by atoms with Gasteiger partial charge in [0.1, 0.15) is 11.2 Å². The maximum Gasteiger partial charge on any atom is 0.136 e. The number of alkyl halides is 2. The van der Waals surface area contributed by atoms with Crippen LogP contribution in [0.25, 0.3) is 0 Å². The van der Waals surface area contributed by atoms with E-state index >= 15 is 0 Å². The Kier molecular flexibility index (Phi) is 3.14. The average molecular weight is 482 g/mol. The number of rotatable bonds is 3. The third kappa shape index (κ3) is 1.56. The second kappa shape index (κ2) is 5.14. The molecule has 1 saturated carbocycles. The molecule has 3 aromatic rings. The van der Waals surface area contributed by atoms with Crippen LogP contribution in [0.4, 0.5) is 0 Å². The fourth-order valence-corrected chi connectivity index (χ4v) is 8.72. The zero-order valence-corrected chi connectivity index (χ0v) is 17.8. The summed E-state index contributed by atoms with van der Waals surface area (Å²) in [7, 11) is 0. The summed E-state index contributed by atoms with van der Waals surface area (Å²) in [5.41, 5.74) is 4.13. The van der Waals surface area contributed by atoms with E-state index in [0.717, 1.165) is 11.8 Å². The van der Waals surface area contributed by atoms with Gasteiger partial charge in [-0.15, -0.1) is 0 Å². The summed E-state index contributed by atoms with van der Waals surface area (Å²) in [5, 5.41) is 0.892. The second-order valence-electron chi connectivity index (χ2n) is 7.94. The third-order valence-electron chi connectivity index (χ3n) is 6.99. The van der Waals surface area contributed by atoms with Gasteiger partial charge in [-0.2, -0.15) is 0 Å². The molecule has 1 aliphatic carbocycles. The fraction of sp³-hybridized carbons (Fsp3) is 0.250.